The summed E-state index contributed by atoms with van der Waals surface area (Å²) in [5.41, 5.74) is 0. The van der Waals surface area contributed by atoms with Crippen LogP contribution in [-0.4, -0.2) is 59.6 Å². The molecule has 2 aliphatic rings. The molecule has 2 heterocycles. The van der Waals surface area contributed by atoms with E-state index in [1.165, 1.54) is 0 Å². The van der Waals surface area contributed by atoms with Crippen LogP contribution >= 0.6 is 0 Å². The van der Waals surface area contributed by atoms with Crippen molar-refractivity contribution in [2.24, 2.45) is 5.92 Å². The third-order valence-electron chi connectivity index (χ3n) is 4.07. The standard InChI is InChI=1S/C12H22N2O2/c1-9-8-13(2)7-5-10(9)14-6-3-4-11(14)12(15)16/h9-11H,3-8H2,1-2H3,(H,15,16)/t9-,10+,11-/m1/s1. The molecule has 0 radical (unpaired) electrons. The molecule has 0 spiro atoms. The van der Waals surface area contributed by atoms with Gasteiger partial charge in [0.25, 0.3) is 0 Å². The molecule has 2 aliphatic heterocycles. The van der Waals surface area contributed by atoms with Gasteiger partial charge in [-0.15, -0.1) is 0 Å². The zero-order valence-corrected chi connectivity index (χ0v) is 10.2. The Balaban J connectivity index is 2.03. The van der Waals surface area contributed by atoms with E-state index in [4.69, 9.17) is 0 Å². The first-order valence-electron chi connectivity index (χ1n) is 6.26. The predicted molar refractivity (Wildman–Crippen MR) is 62.4 cm³/mol. The van der Waals surface area contributed by atoms with Gasteiger partial charge in [-0.05, 0) is 45.3 Å². The molecule has 2 saturated heterocycles. The molecular formula is C12H22N2O2. The first kappa shape index (κ1) is 11.9. The number of carboxylic acid groups (broad SMARTS) is 1. The molecule has 0 unspecified atom stereocenters. The highest BCUT2D eigenvalue weighted by Gasteiger charge is 2.38. The lowest BCUT2D eigenvalue weighted by Crippen LogP contribution is -2.52. The molecule has 0 aliphatic carbocycles. The van der Waals surface area contributed by atoms with E-state index in [2.05, 4.69) is 23.8 Å². The van der Waals surface area contributed by atoms with E-state index in [0.29, 0.717) is 12.0 Å². The van der Waals surface area contributed by atoms with Gasteiger partial charge in [0, 0.05) is 12.6 Å². The Labute approximate surface area is 97.2 Å². The summed E-state index contributed by atoms with van der Waals surface area (Å²) >= 11 is 0. The second-order valence-electron chi connectivity index (χ2n) is 5.33. The van der Waals surface area contributed by atoms with E-state index in [1.54, 1.807) is 0 Å². The SMILES string of the molecule is C[C@@H]1CN(C)CC[C@@H]1N1CCC[C@@H]1C(=O)O. The first-order valence-corrected chi connectivity index (χ1v) is 6.26. The van der Waals surface area contributed by atoms with Crippen molar-refractivity contribution in [2.75, 3.05) is 26.7 Å². The van der Waals surface area contributed by atoms with Gasteiger partial charge in [0.2, 0.25) is 0 Å². The predicted octanol–water partition coefficient (Wildman–Crippen LogP) is 0.876. The molecule has 16 heavy (non-hydrogen) atoms. The van der Waals surface area contributed by atoms with E-state index in [1.807, 2.05) is 0 Å². The second kappa shape index (κ2) is 4.72. The molecular weight excluding hydrogens is 204 g/mol. The van der Waals surface area contributed by atoms with Gasteiger partial charge < -0.3 is 10.0 Å². The van der Waals surface area contributed by atoms with Gasteiger partial charge >= 0.3 is 5.97 Å². The fraction of sp³-hybridized carbons (Fsp3) is 0.917. The normalized spacial score (nSPS) is 37.8. The Hall–Kier alpha value is -0.610. The van der Waals surface area contributed by atoms with Crippen molar-refractivity contribution in [1.82, 2.24) is 9.80 Å². The summed E-state index contributed by atoms with van der Waals surface area (Å²) in [6.07, 6.45) is 2.98. The molecule has 0 bridgehead atoms. The van der Waals surface area contributed by atoms with Crippen molar-refractivity contribution < 1.29 is 9.90 Å². The molecule has 3 atom stereocenters. The molecule has 2 fully saturated rings. The minimum atomic E-state index is -0.636. The van der Waals surface area contributed by atoms with Gasteiger partial charge in [0.15, 0.2) is 0 Å². The quantitative estimate of drug-likeness (QED) is 0.759. The number of hydrogen-bond donors (Lipinski definition) is 1. The molecule has 4 heteroatoms. The summed E-state index contributed by atoms with van der Waals surface area (Å²) in [5, 5.41) is 9.20. The maximum absolute atomic E-state index is 11.2. The van der Waals surface area contributed by atoms with Crippen LogP contribution in [0.25, 0.3) is 0 Å². The average Bonchev–Trinajstić information content (AvgIpc) is 2.66. The molecule has 0 amide bonds. The van der Waals surface area contributed by atoms with Crippen molar-refractivity contribution in [3.05, 3.63) is 0 Å². The third-order valence-corrected chi connectivity index (χ3v) is 4.07. The number of rotatable bonds is 2. The van der Waals surface area contributed by atoms with Crippen LogP contribution in [0.4, 0.5) is 0 Å². The minimum absolute atomic E-state index is 0.226. The van der Waals surface area contributed by atoms with Gasteiger partial charge in [-0.1, -0.05) is 6.92 Å². The molecule has 92 valence electrons. The van der Waals surface area contributed by atoms with Crippen molar-refractivity contribution in [2.45, 2.75) is 38.3 Å². The van der Waals surface area contributed by atoms with Gasteiger partial charge in [0.05, 0.1) is 0 Å². The zero-order valence-electron chi connectivity index (χ0n) is 10.2. The van der Waals surface area contributed by atoms with Crippen molar-refractivity contribution >= 4 is 5.97 Å². The molecule has 2 rings (SSSR count). The third kappa shape index (κ3) is 2.23. The van der Waals surface area contributed by atoms with Crippen molar-refractivity contribution in [1.29, 1.82) is 0 Å². The Morgan fingerprint density at radius 1 is 1.31 bits per heavy atom. The summed E-state index contributed by atoms with van der Waals surface area (Å²) in [5.74, 6) is -0.0534. The fourth-order valence-electron chi connectivity index (χ4n) is 3.29. The van der Waals surface area contributed by atoms with Gasteiger partial charge in [-0.3, -0.25) is 9.69 Å². The Morgan fingerprint density at radius 2 is 2.06 bits per heavy atom. The van der Waals surface area contributed by atoms with Crippen molar-refractivity contribution in [3.8, 4) is 0 Å². The Kier molecular flexibility index (Phi) is 3.50. The lowest BCUT2D eigenvalue weighted by Gasteiger charge is -2.41. The summed E-state index contributed by atoms with van der Waals surface area (Å²) in [7, 11) is 2.14. The second-order valence-corrected chi connectivity index (χ2v) is 5.33. The van der Waals surface area contributed by atoms with Crippen LogP contribution in [0.2, 0.25) is 0 Å². The topological polar surface area (TPSA) is 43.8 Å². The van der Waals surface area contributed by atoms with E-state index < -0.39 is 5.97 Å². The van der Waals surface area contributed by atoms with Crippen LogP contribution in [0, 0.1) is 5.92 Å². The number of nitrogens with zero attached hydrogens (tertiary/aromatic N) is 2. The van der Waals surface area contributed by atoms with Gasteiger partial charge in [-0.25, -0.2) is 0 Å². The van der Waals surface area contributed by atoms with Crippen LogP contribution in [0.3, 0.4) is 0 Å². The molecule has 4 nitrogen and oxygen atoms in total. The van der Waals surface area contributed by atoms with Gasteiger partial charge in [-0.2, -0.15) is 0 Å². The van der Waals surface area contributed by atoms with Crippen LogP contribution in [0.15, 0.2) is 0 Å². The summed E-state index contributed by atoms with van der Waals surface area (Å²) in [6, 6.07) is 0.246. The lowest BCUT2D eigenvalue weighted by molar-refractivity contribution is -0.143. The highest BCUT2D eigenvalue weighted by atomic mass is 16.4. The van der Waals surface area contributed by atoms with Gasteiger partial charge in [0.1, 0.15) is 6.04 Å². The summed E-state index contributed by atoms with van der Waals surface area (Å²) < 4.78 is 0. The Morgan fingerprint density at radius 3 is 2.69 bits per heavy atom. The first-order chi connectivity index (χ1) is 7.59. The van der Waals surface area contributed by atoms with Crippen LogP contribution in [0.5, 0.6) is 0 Å². The smallest absolute Gasteiger partial charge is 0.320 e. The zero-order chi connectivity index (χ0) is 11.7. The lowest BCUT2D eigenvalue weighted by atomic mass is 9.92. The molecule has 1 N–H and O–H groups in total. The van der Waals surface area contributed by atoms with Crippen LogP contribution in [0.1, 0.15) is 26.2 Å². The number of carbonyl (C=O) groups is 1. The molecule has 0 saturated carbocycles. The Bertz CT molecular complexity index is 270. The van der Waals surface area contributed by atoms with Crippen LogP contribution in [-0.2, 0) is 4.79 Å². The number of hydrogen-bond acceptors (Lipinski definition) is 3. The average molecular weight is 226 g/mol. The largest absolute Gasteiger partial charge is 0.480 e. The number of likely N-dealkylation sites (tertiary alicyclic amines) is 2. The highest BCUT2D eigenvalue weighted by molar-refractivity contribution is 5.73. The maximum Gasteiger partial charge on any atom is 0.320 e. The number of aliphatic carboxylic acids is 1. The summed E-state index contributed by atoms with van der Waals surface area (Å²) in [4.78, 5) is 15.7. The molecule has 0 aromatic rings. The maximum atomic E-state index is 11.2. The van der Waals surface area contributed by atoms with E-state index in [0.717, 1.165) is 38.9 Å². The van der Waals surface area contributed by atoms with Crippen molar-refractivity contribution in [3.63, 3.8) is 0 Å². The number of carboxylic acids is 1. The minimum Gasteiger partial charge on any atom is -0.480 e. The van der Waals surface area contributed by atoms with E-state index in [-0.39, 0.29) is 6.04 Å². The number of piperidine rings is 1. The van der Waals surface area contributed by atoms with E-state index >= 15 is 0 Å². The fourth-order valence-corrected chi connectivity index (χ4v) is 3.29. The van der Waals surface area contributed by atoms with Crippen LogP contribution < -0.4 is 0 Å². The summed E-state index contributed by atoms with van der Waals surface area (Å²) in [6.45, 7) is 5.40. The monoisotopic (exact) mass is 226 g/mol. The molecule has 0 aromatic heterocycles. The van der Waals surface area contributed by atoms with E-state index in [9.17, 15) is 9.90 Å². The molecule has 0 aromatic carbocycles. The highest BCUT2D eigenvalue weighted by Crippen LogP contribution is 2.28.